The molecule has 3 rings (SSSR count). The zero-order valence-electron chi connectivity index (χ0n) is 10.6. The largest absolute Gasteiger partial charge is 0.360 e. The topological polar surface area (TPSA) is 50.7 Å². The molecule has 1 aliphatic carbocycles. The minimum absolute atomic E-state index is 0.668. The van der Waals surface area contributed by atoms with Crippen molar-refractivity contribution in [2.45, 2.75) is 39.0 Å². The molecular weight excluding hydrogens is 264 g/mol. The first kappa shape index (κ1) is 12.0. The van der Waals surface area contributed by atoms with Gasteiger partial charge in [0.2, 0.25) is 5.13 Å². The van der Waals surface area contributed by atoms with Crippen LogP contribution in [0.1, 0.15) is 42.8 Å². The molecule has 1 N–H and O–H groups in total. The van der Waals surface area contributed by atoms with Crippen LogP contribution >= 0.6 is 22.7 Å². The summed E-state index contributed by atoms with van der Waals surface area (Å²) in [6.45, 7) is 5.16. The first-order valence-corrected chi connectivity index (χ1v) is 7.96. The van der Waals surface area contributed by atoms with Gasteiger partial charge >= 0.3 is 0 Å². The fourth-order valence-corrected chi connectivity index (χ4v) is 3.70. The summed E-state index contributed by atoms with van der Waals surface area (Å²) in [6, 6.07) is 0. The molecule has 18 heavy (non-hydrogen) atoms. The van der Waals surface area contributed by atoms with Crippen molar-refractivity contribution in [3.8, 4) is 9.88 Å². The molecule has 6 heteroatoms. The van der Waals surface area contributed by atoms with E-state index in [4.69, 9.17) is 0 Å². The van der Waals surface area contributed by atoms with Gasteiger partial charge in [-0.2, -0.15) is 0 Å². The molecule has 0 aliphatic heterocycles. The molecule has 2 aromatic heterocycles. The number of aryl methyl sites for hydroxylation is 1. The zero-order chi connectivity index (χ0) is 12.5. The predicted molar refractivity (Wildman–Crippen MR) is 76.5 cm³/mol. The molecule has 0 atom stereocenters. The van der Waals surface area contributed by atoms with E-state index in [1.807, 2.05) is 0 Å². The molecule has 0 spiro atoms. The van der Waals surface area contributed by atoms with E-state index in [-0.39, 0.29) is 0 Å². The third kappa shape index (κ3) is 2.40. The Balaban J connectivity index is 1.87. The van der Waals surface area contributed by atoms with Crippen LogP contribution in [0, 0.1) is 6.92 Å². The maximum absolute atomic E-state index is 4.66. The van der Waals surface area contributed by atoms with Gasteiger partial charge in [-0.05, 0) is 26.2 Å². The molecule has 1 aliphatic rings. The van der Waals surface area contributed by atoms with Crippen molar-refractivity contribution >= 4 is 27.8 Å². The van der Waals surface area contributed by atoms with Gasteiger partial charge in [-0.15, -0.1) is 21.5 Å². The van der Waals surface area contributed by atoms with Gasteiger partial charge in [-0.1, -0.05) is 18.3 Å². The quantitative estimate of drug-likeness (QED) is 0.908. The van der Waals surface area contributed by atoms with Gasteiger partial charge in [0.25, 0.3) is 0 Å². The summed E-state index contributed by atoms with van der Waals surface area (Å²) < 4.78 is 0. The number of nitrogens with one attached hydrogen (secondary N) is 1. The monoisotopic (exact) mass is 280 g/mol. The van der Waals surface area contributed by atoms with Crippen molar-refractivity contribution in [3.63, 3.8) is 0 Å². The summed E-state index contributed by atoms with van der Waals surface area (Å²) in [7, 11) is 0. The Labute approximate surface area is 114 Å². The van der Waals surface area contributed by atoms with Gasteiger partial charge < -0.3 is 5.32 Å². The summed E-state index contributed by atoms with van der Waals surface area (Å²) >= 11 is 3.38. The lowest BCUT2D eigenvalue weighted by molar-refractivity contribution is 0.963. The van der Waals surface area contributed by atoms with Crippen LogP contribution in [0.2, 0.25) is 0 Å². The first-order chi connectivity index (χ1) is 8.78. The second kappa shape index (κ2) is 4.93. The standard InChI is InChI=1S/C12H16N4S2/c1-3-6-13-12-16-15-11(18-12)10-9(8-4-5-8)14-7(2)17-10/h8H,3-6H2,1-2H3,(H,13,16). The van der Waals surface area contributed by atoms with Gasteiger partial charge in [0.1, 0.15) is 0 Å². The number of nitrogens with zero attached hydrogens (tertiary/aromatic N) is 3. The molecule has 4 nitrogen and oxygen atoms in total. The Morgan fingerprint density at radius 2 is 2.11 bits per heavy atom. The number of hydrogen-bond acceptors (Lipinski definition) is 6. The highest BCUT2D eigenvalue weighted by Crippen LogP contribution is 2.46. The zero-order valence-corrected chi connectivity index (χ0v) is 12.2. The third-order valence-electron chi connectivity index (χ3n) is 2.87. The fraction of sp³-hybridized carbons (Fsp3) is 0.583. The molecule has 2 aromatic rings. The lowest BCUT2D eigenvalue weighted by Gasteiger charge is -1.96. The van der Waals surface area contributed by atoms with Crippen molar-refractivity contribution in [2.75, 3.05) is 11.9 Å². The molecule has 0 bridgehead atoms. The molecule has 1 fully saturated rings. The Morgan fingerprint density at radius 1 is 1.28 bits per heavy atom. The van der Waals surface area contributed by atoms with Crippen molar-refractivity contribution < 1.29 is 0 Å². The van der Waals surface area contributed by atoms with Gasteiger partial charge in [0.05, 0.1) is 15.6 Å². The Bertz CT molecular complexity index is 542. The molecule has 96 valence electrons. The summed E-state index contributed by atoms with van der Waals surface area (Å²) in [5.74, 6) is 0.668. The molecule has 0 unspecified atom stereocenters. The van der Waals surface area contributed by atoms with Gasteiger partial charge in [-0.25, -0.2) is 4.98 Å². The van der Waals surface area contributed by atoms with Crippen LogP contribution in [0.3, 0.4) is 0 Å². The number of thiazole rings is 1. The maximum Gasteiger partial charge on any atom is 0.206 e. The van der Waals surface area contributed by atoms with Gasteiger partial charge in [0.15, 0.2) is 5.01 Å². The van der Waals surface area contributed by atoms with Crippen molar-refractivity contribution in [1.82, 2.24) is 15.2 Å². The van der Waals surface area contributed by atoms with E-state index in [1.165, 1.54) is 23.4 Å². The second-order valence-electron chi connectivity index (χ2n) is 4.56. The summed E-state index contributed by atoms with van der Waals surface area (Å²) in [5, 5.41) is 14.8. The van der Waals surface area contributed by atoms with E-state index in [9.17, 15) is 0 Å². The van der Waals surface area contributed by atoms with Crippen LogP contribution in [0.5, 0.6) is 0 Å². The molecule has 2 heterocycles. The van der Waals surface area contributed by atoms with E-state index in [0.29, 0.717) is 5.92 Å². The van der Waals surface area contributed by atoms with E-state index in [2.05, 4.69) is 34.3 Å². The van der Waals surface area contributed by atoms with E-state index >= 15 is 0 Å². The van der Waals surface area contributed by atoms with Crippen molar-refractivity contribution in [3.05, 3.63) is 10.7 Å². The second-order valence-corrected chi connectivity index (χ2v) is 6.74. The average Bonchev–Trinajstić information content (AvgIpc) is 2.97. The molecular formula is C12H16N4S2. The third-order valence-corrected chi connectivity index (χ3v) is 4.89. The summed E-state index contributed by atoms with van der Waals surface area (Å²) in [4.78, 5) is 5.89. The summed E-state index contributed by atoms with van der Waals surface area (Å²) in [6.07, 6.45) is 3.65. The van der Waals surface area contributed by atoms with E-state index in [0.717, 1.165) is 28.1 Å². The van der Waals surface area contributed by atoms with E-state index < -0.39 is 0 Å². The number of aromatic nitrogens is 3. The molecule has 0 amide bonds. The van der Waals surface area contributed by atoms with Crippen LogP contribution in [-0.4, -0.2) is 21.7 Å². The highest BCUT2D eigenvalue weighted by molar-refractivity contribution is 7.23. The van der Waals surface area contributed by atoms with Crippen LogP contribution in [-0.2, 0) is 0 Å². The predicted octanol–water partition coefficient (Wildman–Crippen LogP) is 3.67. The van der Waals surface area contributed by atoms with Crippen LogP contribution in [0.4, 0.5) is 5.13 Å². The van der Waals surface area contributed by atoms with E-state index in [1.54, 1.807) is 22.7 Å². The molecule has 0 saturated heterocycles. The lowest BCUT2D eigenvalue weighted by atomic mass is 10.2. The van der Waals surface area contributed by atoms with Crippen molar-refractivity contribution in [1.29, 1.82) is 0 Å². The molecule has 0 radical (unpaired) electrons. The maximum atomic E-state index is 4.66. The van der Waals surface area contributed by atoms with Crippen LogP contribution in [0.15, 0.2) is 0 Å². The Morgan fingerprint density at radius 3 is 2.83 bits per heavy atom. The minimum Gasteiger partial charge on any atom is -0.360 e. The highest BCUT2D eigenvalue weighted by atomic mass is 32.1. The Kier molecular flexibility index (Phi) is 3.30. The first-order valence-electron chi connectivity index (χ1n) is 6.33. The van der Waals surface area contributed by atoms with Crippen LogP contribution < -0.4 is 5.32 Å². The number of hydrogen-bond donors (Lipinski definition) is 1. The van der Waals surface area contributed by atoms with Gasteiger partial charge in [-0.3, -0.25) is 0 Å². The van der Waals surface area contributed by atoms with Crippen molar-refractivity contribution in [2.24, 2.45) is 0 Å². The number of anilines is 1. The SMILES string of the molecule is CCCNc1nnc(-c2sc(C)nc2C2CC2)s1. The molecule has 1 saturated carbocycles. The van der Waals surface area contributed by atoms with Crippen LogP contribution in [0.25, 0.3) is 9.88 Å². The fourth-order valence-electron chi connectivity index (χ4n) is 1.85. The minimum atomic E-state index is 0.668. The Hall–Kier alpha value is -1.01. The molecule has 0 aromatic carbocycles. The number of rotatable bonds is 5. The average molecular weight is 280 g/mol. The smallest absolute Gasteiger partial charge is 0.206 e. The highest BCUT2D eigenvalue weighted by Gasteiger charge is 2.30. The van der Waals surface area contributed by atoms with Gasteiger partial charge in [0, 0.05) is 12.5 Å². The normalized spacial score (nSPS) is 15.0. The lowest BCUT2D eigenvalue weighted by Crippen LogP contribution is -1.98. The summed E-state index contributed by atoms with van der Waals surface area (Å²) in [5.41, 5.74) is 1.25.